The molecule has 2 aromatic carbocycles. The molecule has 5 heteroatoms. The van der Waals surface area contributed by atoms with Gasteiger partial charge in [-0.3, -0.25) is 4.79 Å². The van der Waals surface area contributed by atoms with E-state index in [9.17, 15) is 4.79 Å². The maximum atomic E-state index is 11.8. The molecule has 1 saturated carbocycles. The third-order valence-corrected chi connectivity index (χ3v) is 6.37. The van der Waals surface area contributed by atoms with Gasteiger partial charge in [0.15, 0.2) is 0 Å². The predicted octanol–water partition coefficient (Wildman–Crippen LogP) is 6.03. The minimum atomic E-state index is -0.153. The Kier molecular flexibility index (Phi) is 6.45. The molecule has 0 saturated heterocycles. The molecular formula is C24H27NO3S. The average molecular weight is 410 g/mol. The van der Waals surface area contributed by atoms with Gasteiger partial charge in [-0.25, -0.2) is 4.98 Å². The summed E-state index contributed by atoms with van der Waals surface area (Å²) in [5.41, 5.74) is 6.16. The number of esters is 1. The van der Waals surface area contributed by atoms with Crippen LogP contribution in [0.5, 0.6) is 5.75 Å². The molecule has 0 N–H and O–H groups in total. The maximum absolute atomic E-state index is 11.8. The molecule has 4 nitrogen and oxygen atoms in total. The Balaban J connectivity index is 1.59. The molecule has 1 aromatic heterocycles. The molecule has 3 aromatic rings. The van der Waals surface area contributed by atoms with Crippen LogP contribution in [0.4, 0.5) is 0 Å². The summed E-state index contributed by atoms with van der Waals surface area (Å²) in [7, 11) is 0. The van der Waals surface area contributed by atoms with Crippen LogP contribution in [0.2, 0.25) is 0 Å². The van der Waals surface area contributed by atoms with Crippen molar-refractivity contribution in [2.24, 2.45) is 5.92 Å². The lowest BCUT2D eigenvalue weighted by Crippen LogP contribution is -2.09. The summed E-state index contributed by atoms with van der Waals surface area (Å²) in [4.78, 5) is 16.2. The highest BCUT2D eigenvalue weighted by molar-refractivity contribution is 7.16. The van der Waals surface area contributed by atoms with Crippen LogP contribution < -0.4 is 4.74 Å². The van der Waals surface area contributed by atoms with Gasteiger partial charge in [-0.1, -0.05) is 25.0 Å². The monoisotopic (exact) mass is 409 g/mol. The number of thiazole rings is 1. The van der Waals surface area contributed by atoms with Crippen molar-refractivity contribution >= 4 is 27.5 Å². The lowest BCUT2D eigenvalue weighted by Gasteiger charge is -2.16. The Morgan fingerprint density at radius 1 is 1.17 bits per heavy atom. The molecule has 0 aliphatic heterocycles. The molecule has 1 fully saturated rings. The first-order valence-corrected chi connectivity index (χ1v) is 11.4. The predicted molar refractivity (Wildman–Crippen MR) is 117 cm³/mol. The van der Waals surface area contributed by atoms with Crippen LogP contribution in [-0.4, -0.2) is 24.2 Å². The number of aromatic nitrogens is 1. The number of ether oxygens (including phenoxy) is 2. The summed E-state index contributed by atoms with van der Waals surface area (Å²) in [6, 6.07) is 12.6. The van der Waals surface area contributed by atoms with Crippen molar-refractivity contribution in [2.45, 2.75) is 45.4 Å². The molecule has 0 atom stereocenters. The van der Waals surface area contributed by atoms with Crippen LogP contribution in [0.25, 0.3) is 21.3 Å². The summed E-state index contributed by atoms with van der Waals surface area (Å²) in [6.45, 7) is 3.03. The number of fused-ring (bicyclic) bond motifs is 1. The number of aryl methyl sites for hydroxylation is 1. The number of benzene rings is 2. The average Bonchev–Trinajstić information content (AvgIpc) is 3.42. The number of carbonyl (C=O) groups excluding carboxylic acids is 1. The molecule has 0 unspecified atom stereocenters. The van der Waals surface area contributed by atoms with Gasteiger partial charge in [0.05, 0.1) is 28.9 Å². The van der Waals surface area contributed by atoms with Crippen molar-refractivity contribution in [1.29, 1.82) is 0 Å². The lowest BCUT2D eigenvalue weighted by atomic mass is 9.99. The highest BCUT2D eigenvalue weighted by atomic mass is 32.1. The Morgan fingerprint density at radius 2 is 2.03 bits per heavy atom. The Bertz CT molecular complexity index is 975. The Hall–Kier alpha value is -2.40. The molecule has 29 heavy (non-hydrogen) atoms. The minimum Gasteiger partial charge on any atom is -0.493 e. The molecule has 0 spiro atoms. The fourth-order valence-corrected chi connectivity index (χ4v) is 4.63. The first-order valence-electron chi connectivity index (χ1n) is 10.5. The van der Waals surface area contributed by atoms with Crippen LogP contribution in [0, 0.1) is 5.92 Å². The highest BCUT2D eigenvalue weighted by Crippen LogP contribution is 2.35. The van der Waals surface area contributed by atoms with Gasteiger partial charge in [0, 0.05) is 12.0 Å². The molecule has 1 aliphatic rings. The van der Waals surface area contributed by atoms with E-state index in [0.29, 0.717) is 25.4 Å². The second-order valence-corrected chi connectivity index (χ2v) is 8.52. The smallest absolute Gasteiger partial charge is 0.306 e. The van der Waals surface area contributed by atoms with E-state index in [1.165, 1.54) is 30.4 Å². The molecule has 0 bridgehead atoms. The number of nitrogens with zero attached hydrogens (tertiary/aromatic N) is 1. The topological polar surface area (TPSA) is 48.4 Å². The zero-order chi connectivity index (χ0) is 20.1. The largest absolute Gasteiger partial charge is 0.493 e. The van der Waals surface area contributed by atoms with E-state index < -0.39 is 0 Å². The fraction of sp³-hybridized carbons (Fsp3) is 0.417. The first kappa shape index (κ1) is 19.9. The SMILES string of the molecule is CCOC(=O)CCc1ccc(OCC2CCCC2)c(-c2ccc3scnc3c2)c1. The van der Waals surface area contributed by atoms with E-state index >= 15 is 0 Å². The Labute approximate surface area is 175 Å². The summed E-state index contributed by atoms with van der Waals surface area (Å²) in [5, 5.41) is 0. The van der Waals surface area contributed by atoms with Crippen LogP contribution in [0.15, 0.2) is 41.9 Å². The number of hydrogen-bond acceptors (Lipinski definition) is 5. The zero-order valence-electron chi connectivity index (χ0n) is 16.9. The van der Waals surface area contributed by atoms with Crippen LogP contribution in [0.1, 0.15) is 44.6 Å². The van der Waals surface area contributed by atoms with Crippen molar-refractivity contribution in [3.05, 3.63) is 47.5 Å². The summed E-state index contributed by atoms with van der Waals surface area (Å²) < 4.78 is 12.5. The number of carbonyl (C=O) groups is 1. The molecule has 0 amide bonds. The summed E-state index contributed by atoms with van der Waals surface area (Å²) >= 11 is 1.65. The molecule has 152 valence electrons. The van der Waals surface area contributed by atoms with Gasteiger partial charge in [-0.2, -0.15) is 0 Å². The van der Waals surface area contributed by atoms with E-state index in [-0.39, 0.29) is 5.97 Å². The van der Waals surface area contributed by atoms with Crippen molar-refractivity contribution in [1.82, 2.24) is 4.98 Å². The van der Waals surface area contributed by atoms with E-state index in [0.717, 1.165) is 34.6 Å². The van der Waals surface area contributed by atoms with Crippen molar-refractivity contribution in [3.63, 3.8) is 0 Å². The fourth-order valence-electron chi connectivity index (χ4n) is 3.97. The van der Waals surface area contributed by atoms with Gasteiger partial charge in [0.2, 0.25) is 0 Å². The third kappa shape index (κ3) is 4.96. The molecular weight excluding hydrogens is 382 g/mol. The van der Waals surface area contributed by atoms with Crippen LogP contribution >= 0.6 is 11.3 Å². The van der Waals surface area contributed by atoms with Gasteiger partial charge in [-0.05, 0) is 67.5 Å². The van der Waals surface area contributed by atoms with Crippen molar-refractivity contribution in [3.8, 4) is 16.9 Å². The quantitative estimate of drug-likeness (QED) is 0.426. The van der Waals surface area contributed by atoms with E-state index in [4.69, 9.17) is 9.47 Å². The summed E-state index contributed by atoms with van der Waals surface area (Å²) in [6.07, 6.45) is 6.20. The van der Waals surface area contributed by atoms with Gasteiger partial charge in [-0.15, -0.1) is 11.3 Å². The van der Waals surface area contributed by atoms with Gasteiger partial charge < -0.3 is 9.47 Å². The van der Waals surface area contributed by atoms with Crippen LogP contribution in [-0.2, 0) is 16.0 Å². The maximum Gasteiger partial charge on any atom is 0.306 e. The van der Waals surface area contributed by atoms with E-state index in [1.807, 2.05) is 12.4 Å². The van der Waals surface area contributed by atoms with Gasteiger partial charge >= 0.3 is 5.97 Å². The molecule has 1 heterocycles. The van der Waals surface area contributed by atoms with Gasteiger partial charge in [0.25, 0.3) is 0 Å². The highest BCUT2D eigenvalue weighted by Gasteiger charge is 2.17. The second-order valence-electron chi connectivity index (χ2n) is 7.63. The van der Waals surface area contributed by atoms with E-state index in [2.05, 4.69) is 41.4 Å². The molecule has 0 radical (unpaired) electrons. The van der Waals surface area contributed by atoms with Crippen molar-refractivity contribution < 1.29 is 14.3 Å². The molecule has 4 rings (SSSR count). The normalized spacial score (nSPS) is 14.4. The first-order chi connectivity index (χ1) is 14.2. The third-order valence-electron chi connectivity index (χ3n) is 5.56. The Morgan fingerprint density at radius 3 is 2.86 bits per heavy atom. The number of hydrogen-bond donors (Lipinski definition) is 0. The summed E-state index contributed by atoms with van der Waals surface area (Å²) in [5.74, 6) is 1.42. The number of rotatable bonds is 8. The standard InChI is InChI=1S/C24H27NO3S/c1-2-27-24(26)12-8-17-7-10-22(28-15-18-5-3-4-6-18)20(13-17)19-9-11-23-21(14-19)25-16-29-23/h7,9-11,13-14,16,18H,2-6,8,12,15H2,1H3. The van der Waals surface area contributed by atoms with Crippen molar-refractivity contribution in [2.75, 3.05) is 13.2 Å². The zero-order valence-corrected chi connectivity index (χ0v) is 17.7. The second kappa shape index (κ2) is 9.40. The van der Waals surface area contributed by atoms with E-state index in [1.54, 1.807) is 11.3 Å². The molecule has 1 aliphatic carbocycles. The van der Waals surface area contributed by atoms with Gasteiger partial charge in [0.1, 0.15) is 5.75 Å². The van der Waals surface area contributed by atoms with Crippen LogP contribution in [0.3, 0.4) is 0 Å². The lowest BCUT2D eigenvalue weighted by molar-refractivity contribution is -0.143. The minimum absolute atomic E-state index is 0.153.